The van der Waals surface area contributed by atoms with Crippen LogP contribution in [-0.2, 0) is 0 Å². The van der Waals surface area contributed by atoms with Crippen LogP contribution in [0.5, 0.6) is 0 Å². The molecule has 1 aliphatic rings. The molecule has 18 heavy (non-hydrogen) atoms. The second kappa shape index (κ2) is 5.49. The molecule has 0 aliphatic carbocycles. The van der Waals surface area contributed by atoms with Gasteiger partial charge in [-0.3, -0.25) is 0 Å². The van der Waals surface area contributed by atoms with Gasteiger partial charge in [-0.05, 0) is 36.0 Å². The van der Waals surface area contributed by atoms with E-state index in [0.29, 0.717) is 0 Å². The van der Waals surface area contributed by atoms with Gasteiger partial charge >= 0.3 is 0 Å². The van der Waals surface area contributed by atoms with Crippen LogP contribution >= 0.6 is 27.7 Å². The Hall–Kier alpha value is -0.740. The molecule has 2 heterocycles. The summed E-state index contributed by atoms with van der Waals surface area (Å²) in [6.45, 7) is 1.03. The Morgan fingerprint density at radius 3 is 3.11 bits per heavy atom. The van der Waals surface area contributed by atoms with Crippen LogP contribution in [0.25, 0.3) is 10.8 Å². The third-order valence-corrected chi connectivity index (χ3v) is 5.26. The summed E-state index contributed by atoms with van der Waals surface area (Å²) in [6, 6.07) is 8.30. The van der Waals surface area contributed by atoms with Crippen LogP contribution in [0.1, 0.15) is 6.42 Å². The summed E-state index contributed by atoms with van der Waals surface area (Å²) in [7, 11) is 0. The second-order valence-electron chi connectivity index (χ2n) is 4.61. The minimum absolute atomic E-state index is 0.791. The number of thioether (sulfide) groups is 1. The van der Waals surface area contributed by atoms with E-state index in [4.69, 9.17) is 0 Å². The number of halogens is 1. The normalized spacial score (nSPS) is 19.3. The molecule has 1 N–H and O–H groups in total. The number of hydrogen-bond acceptors (Lipinski definition) is 3. The average Bonchev–Trinajstić information content (AvgIpc) is 2.90. The Morgan fingerprint density at radius 2 is 2.28 bits per heavy atom. The molecule has 1 unspecified atom stereocenters. The summed E-state index contributed by atoms with van der Waals surface area (Å²) >= 11 is 5.64. The summed E-state index contributed by atoms with van der Waals surface area (Å²) < 4.78 is 1.13. The number of aromatic nitrogens is 1. The monoisotopic (exact) mass is 322 g/mol. The van der Waals surface area contributed by atoms with Crippen LogP contribution in [0.4, 0.5) is 5.82 Å². The Labute approximate surface area is 120 Å². The van der Waals surface area contributed by atoms with Crippen molar-refractivity contribution in [3.05, 3.63) is 34.9 Å². The van der Waals surface area contributed by atoms with Gasteiger partial charge in [0.2, 0.25) is 0 Å². The van der Waals surface area contributed by atoms with Crippen LogP contribution in [0.2, 0.25) is 0 Å². The number of fused-ring (bicyclic) bond motifs is 1. The lowest BCUT2D eigenvalue weighted by Gasteiger charge is -2.12. The maximum Gasteiger partial charge on any atom is 0.133 e. The van der Waals surface area contributed by atoms with E-state index in [0.717, 1.165) is 22.8 Å². The van der Waals surface area contributed by atoms with Crippen molar-refractivity contribution in [1.82, 2.24) is 4.98 Å². The molecule has 1 aliphatic heterocycles. The summed E-state index contributed by atoms with van der Waals surface area (Å²) in [5.41, 5.74) is 0. The maximum atomic E-state index is 4.47. The summed E-state index contributed by atoms with van der Waals surface area (Å²) in [5.74, 6) is 4.38. The minimum atomic E-state index is 0.791. The molecule has 94 valence electrons. The van der Waals surface area contributed by atoms with Gasteiger partial charge in [0.05, 0.1) is 0 Å². The first-order chi connectivity index (χ1) is 8.84. The minimum Gasteiger partial charge on any atom is -0.369 e. The number of anilines is 1. The van der Waals surface area contributed by atoms with Crippen LogP contribution < -0.4 is 5.32 Å². The van der Waals surface area contributed by atoms with Crippen molar-refractivity contribution >= 4 is 44.3 Å². The Kier molecular flexibility index (Phi) is 3.75. The number of hydrogen-bond donors (Lipinski definition) is 1. The summed E-state index contributed by atoms with van der Waals surface area (Å²) in [4.78, 5) is 4.47. The number of rotatable bonds is 3. The van der Waals surface area contributed by atoms with Gasteiger partial charge in [-0.2, -0.15) is 11.8 Å². The zero-order valence-electron chi connectivity index (χ0n) is 10.0. The Bertz CT molecular complexity index is 552. The zero-order chi connectivity index (χ0) is 12.4. The first-order valence-corrected chi connectivity index (χ1v) is 8.14. The molecular formula is C14H15BrN2S. The van der Waals surface area contributed by atoms with Crippen LogP contribution in [-0.4, -0.2) is 23.0 Å². The van der Waals surface area contributed by atoms with Crippen molar-refractivity contribution in [2.45, 2.75) is 6.42 Å². The Morgan fingerprint density at radius 1 is 1.33 bits per heavy atom. The lowest BCUT2D eigenvalue weighted by Crippen LogP contribution is -2.14. The van der Waals surface area contributed by atoms with E-state index in [1.54, 1.807) is 0 Å². The van der Waals surface area contributed by atoms with Gasteiger partial charge in [-0.15, -0.1) is 0 Å². The maximum absolute atomic E-state index is 4.47. The quantitative estimate of drug-likeness (QED) is 0.918. The van der Waals surface area contributed by atoms with Gasteiger partial charge in [-0.25, -0.2) is 4.98 Å². The van der Waals surface area contributed by atoms with Crippen molar-refractivity contribution in [3.63, 3.8) is 0 Å². The van der Waals surface area contributed by atoms with Gasteiger partial charge in [0.25, 0.3) is 0 Å². The number of benzene rings is 1. The smallest absolute Gasteiger partial charge is 0.133 e. The zero-order valence-corrected chi connectivity index (χ0v) is 12.4. The lowest BCUT2D eigenvalue weighted by molar-refractivity contribution is 0.631. The third-order valence-electron chi connectivity index (χ3n) is 3.34. The van der Waals surface area contributed by atoms with Crippen LogP contribution in [0.15, 0.2) is 34.9 Å². The van der Waals surface area contributed by atoms with E-state index in [2.05, 4.69) is 62.3 Å². The second-order valence-corrected chi connectivity index (χ2v) is 6.61. The van der Waals surface area contributed by atoms with Crippen molar-refractivity contribution < 1.29 is 0 Å². The molecule has 1 saturated heterocycles. The van der Waals surface area contributed by atoms with E-state index in [1.165, 1.54) is 28.7 Å². The van der Waals surface area contributed by atoms with Gasteiger partial charge in [0.1, 0.15) is 5.82 Å². The van der Waals surface area contributed by atoms with Crippen molar-refractivity contribution in [2.24, 2.45) is 5.92 Å². The van der Waals surface area contributed by atoms with E-state index < -0.39 is 0 Å². The Balaban J connectivity index is 1.85. The van der Waals surface area contributed by atoms with Crippen molar-refractivity contribution in [1.29, 1.82) is 0 Å². The summed E-state index contributed by atoms with van der Waals surface area (Å²) in [6.07, 6.45) is 3.20. The molecule has 0 spiro atoms. The van der Waals surface area contributed by atoms with Crippen molar-refractivity contribution in [3.8, 4) is 0 Å². The first kappa shape index (κ1) is 12.3. The lowest BCUT2D eigenvalue weighted by atomic mass is 10.1. The fourth-order valence-electron chi connectivity index (χ4n) is 2.29. The van der Waals surface area contributed by atoms with E-state index in [1.807, 2.05) is 6.20 Å². The molecule has 2 aromatic rings. The SMILES string of the molecule is Brc1cccc2c(NCC3CCSC3)nccc12. The molecule has 4 heteroatoms. The topological polar surface area (TPSA) is 24.9 Å². The van der Waals surface area contributed by atoms with Crippen molar-refractivity contribution in [2.75, 3.05) is 23.4 Å². The predicted octanol–water partition coefficient (Wildman–Crippen LogP) is 4.16. The largest absolute Gasteiger partial charge is 0.369 e. The molecule has 3 rings (SSSR count). The molecule has 0 bridgehead atoms. The summed E-state index contributed by atoms with van der Waals surface area (Å²) in [5, 5.41) is 5.92. The molecule has 1 atom stereocenters. The average molecular weight is 323 g/mol. The molecular weight excluding hydrogens is 308 g/mol. The number of nitrogens with one attached hydrogen (secondary N) is 1. The highest BCUT2D eigenvalue weighted by atomic mass is 79.9. The highest BCUT2D eigenvalue weighted by Gasteiger charge is 2.15. The molecule has 0 amide bonds. The molecule has 0 saturated carbocycles. The standard InChI is InChI=1S/C14H15BrN2S/c15-13-3-1-2-12-11(13)4-6-16-14(12)17-8-10-5-7-18-9-10/h1-4,6,10H,5,7-9H2,(H,16,17). The van der Waals surface area contributed by atoms with Gasteiger partial charge in [-0.1, -0.05) is 28.1 Å². The fourth-order valence-corrected chi connectivity index (χ4v) is 4.08. The van der Waals surface area contributed by atoms with Crippen LogP contribution in [0.3, 0.4) is 0 Å². The highest BCUT2D eigenvalue weighted by molar-refractivity contribution is 9.10. The molecule has 1 aromatic heterocycles. The first-order valence-electron chi connectivity index (χ1n) is 6.19. The van der Waals surface area contributed by atoms with Gasteiger partial charge in [0, 0.05) is 28.0 Å². The molecule has 1 fully saturated rings. The highest BCUT2D eigenvalue weighted by Crippen LogP contribution is 2.29. The molecule has 2 nitrogen and oxygen atoms in total. The van der Waals surface area contributed by atoms with Gasteiger partial charge < -0.3 is 5.32 Å². The molecule has 0 radical (unpaired) electrons. The van der Waals surface area contributed by atoms with Gasteiger partial charge in [0.15, 0.2) is 0 Å². The van der Waals surface area contributed by atoms with E-state index >= 15 is 0 Å². The van der Waals surface area contributed by atoms with E-state index in [-0.39, 0.29) is 0 Å². The van der Waals surface area contributed by atoms with Crippen LogP contribution in [0, 0.1) is 5.92 Å². The molecule has 1 aromatic carbocycles. The third kappa shape index (κ3) is 2.50. The van der Waals surface area contributed by atoms with E-state index in [9.17, 15) is 0 Å². The fraction of sp³-hybridized carbons (Fsp3) is 0.357. The number of pyridine rings is 1. The predicted molar refractivity (Wildman–Crippen MR) is 83.4 cm³/mol. The number of nitrogens with zero attached hydrogens (tertiary/aromatic N) is 1.